The first-order valence-corrected chi connectivity index (χ1v) is 6.84. The summed E-state index contributed by atoms with van der Waals surface area (Å²) in [6.07, 6.45) is 2.81. The van der Waals surface area contributed by atoms with Crippen molar-refractivity contribution in [3.05, 3.63) is 89.7 Å². The molecule has 2 N–H and O–H groups in total. The molecule has 0 aliphatic carbocycles. The fourth-order valence-electron chi connectivity index (χ4n) is 2.43. The summed E-state index contributed by atoms with van der Waals surface area (Å²) in [5.41, 5.74) is 10.7. The van der Waals surface area contributed by atoms with E-state index in [1.165, 1.54) is 5.56 Å². The maximum absolute atomic E-state index is 5.83. The van der Waals surface area contributed by atoms with E-state index in [2.05, 4.69) is 25.3 Å². The van der Waals surface area contributed by atoms with E-state index >= 15 is 0 Å². The largest absolute Gasteiger partial charge is 0.457 e. The van der Waals surface area contributed by atoms with Crippen molar-refractivity contribution in [1.82, 2.24) is 0 Å². The first kappa shape index (κ1) is 13.3. The first-order chi connectivity index (χ1) is 10.1. The van der Waals surface area contributed by atoms with Gasteiger partial charge in [-0.3, -0.25) is 0 Å². The number of nitrogen functional groups attached to an aromatic ring is 1. The smallest absolute Gasteiger partial charge is 0.134 e. The second-order valence-electron chi connectivity index (χ2n) is 5.15. The van der Waals surface area contributed by atoms with Crippen molar-refractivity contribution < 1.29 is 4.74 Å². The maximum Gasteiger partial charge on any atom is 0.134 e. The number of benzene rings is 2. The van der Waals surface area contributed by atoms with Crippen molar-refractivity contribution in [1.29, 1.82) is 0 Å². The highest BCUT2D eigenvalue weighted by Gasteiger charge is 2.17. The molecule has 0 amide bonds. The second-order valence-corrected chi connectivity index (χ2v) is 5.15. The highest BCUT2D eigenvalue weighted by atomic mass is 16.5. The van der Waals surface area contributed by atoms with Gasteiger partial charge in [0, 0.05) is 16.8 Å². The third-order valence-corrected chi connectivity index (χ3v) is 3.51. The zero-order valence-electron chi connectivity index (χ0n) is 11.8. The summed E-state index contributed by atoms with van der Waals surface area (Å²) in [5, 5.41) is 0. The van der Waals surface area contributed by atoms with Crippen LogP contribution in [-0.4, -0.2) is 0 Å². The van der Waals surface area contributed by atoms with E-state index in [9.17, 15) is 0 Å². The Labute approximate surface area is 124 Å². The van der Waals surface area contributed by atoms with E-state index in [4.69, 9.17) is 10.5 Å². The molecule has 2 aromatic rings. The van der Waals surface area contributed by atoms with Gasteiger partial charge in [-0.1, -0.05) is 43.5 Å². The van der Waals surface area contributed by atoms with Crippen LogP contribution in [0, 0.1) is 0 Å². The van der Waals surface area contributed by atoms with E-state index in [1.807, 2.05) is 42.5 Å². The van der Waals surface area contributed by atoms with Gasteiger partial charge < -0.3 is 10.5 Å². The predicted molar refractivity (Wildman–Crippen MR) is 87.9 cm³/mol. The number of fused-ring (bicyclic) bond motifs is 1. The van der Waals surface area contributed by atoms with Crippen molar-refractivity contribution in [3.8, 4) is 5.75 Å². The Morgan fingerprint density at radius 3 is 2.62 bits per heavy atom. The molecule has 0 spiro atoms. The minimum atomic E-state index is 0.633. The van der Waals surface area contributed by atoms with Gasteiger partial charge in [0.25, 0.3) is 0 Å². The normalized spacial score (nSPS) is 13.1. The van der Waals surface area contributed by atoms with Gasteiger partial charge in [0.15, 0.2) is 0 Å². The number of ether oxygens (including phenoxy) is 1. The molecule has 0 saturated carbocycles. The Hall–Kier alpha value is -2.74. The number of anilines is 1. The van der Waals surface area contributed by atoms with Gasteiger partial charge in [-0.05, 0) is 41.8 Å². The standard InChI is InChI=1S/C19H17NO/c1-13(10-15-6-4-3-5-7-15)18-12-16-11-17(20)8-9-19(16)21-14(18)2/h3-9,11-12H,1-2,10,20H2. The van der Waals surface area contributed by atoms with Gasteiger partial charge >= 0.3 is 0 Å². The summed E-state index contributed by atoms with van der Waals surface area (Å²) < 4.78 is 5.78. The molecule has 0 unspecified atom stereocenters. The van der Waals surface area contributed by atoms with E-state index in [1.54, 1.807) is 0 Å². The molecule has 2 aromatic carbocycles. The highest BCUT2D eigenvalue weighted by molar-refractivity contribution is 5.73. The molecule has 21 heavy (non-hydrogen) atoms. The molecular weight excluding hydrogens is 258 g/mol. The molecule has 3 rings (SSSR count). The monoisotopic (exact) mass is 275 g/mol. The molecule has 1 heterocycles. The lowest BCUT2D eigenvalue weighted by molar-refractivity contribution is 0.435. The van der Waals surface area contributed by atoms with Crippen molar-refractivity contribution in [3.63, 3.8) is 0 Å². The van der Waals surface area contributed by atoms with Crippen LogP contribution in [0.25, 0.3) is 6.08 Å². The molecule has 104 valence electrons. The number of rotatable bonds is 3. The zero-order valence-corrected chi connectivity index (χ0v) is 11.8. The summed E-state index contributed by atoms with van der Waals surface area (Å²) >= 11 is 0. The van der Waals surface area contributed by atoms with E-state index < -0.39 is 0 Å². The Balaban J connectivity index is 1.90. The van der Waals surface area contributed by atoms with Gasteiger partial charge in [0.1, 0.15) is 11.5 Å². The molecule has 1 aliphatic heterocycles. The quantitative estimate of drug-likeness (QED) is 0.845. The van der Waals surface area contributed by atoms with Gasteiger partial charge in [0.05, 0.1) is 0 Å². The van der Waals surface area contributed by atoms with Gasteiger partial charge in [-0.2, -0.15) is 0 Å². The van der Waals surface area contributed by atoms with E-state index in [0.29, 0.717) is 11.4 Å². The lowest BCUT2D eigenvalue weighted by atomic mass is 9.95. The molecule has 1 aliphatic rings. The average molecular weight is 275 g/mol. The molecule has 2 nitrogen and oxygen atoms in total. The van der Waals surface area contributed by atoms with Gasteiger partial charge in [-0.25, -0.2) is 0 Å². The Bertz CT molecular complexity index is 741. The summed E-state index contributed by atoms with van der Waals surface area (Å²) in [6, 6.07) is 15.8. The molecule has 0 aromatic heterocycles. The first-order valence-electron chi connectivity index (χ1n) is 6.84. The summed E-state index contributed by atoms with van der Waals surface area (Å²) in [5.74, 6) is 1.42. The molecule has 0 saturated heterocycles. The summed E-state index contributed by atoms with van der Waals surface area (Å²) in [4.78, 5) is 0. The minimum Gasteiger partial charge on any atom is -0.457 e. The topological polar surface area (TPSA) is 35.2 Å². The number of hydrogen-bond donors (Lipinski definition) is 1. The highest BCUT2D eigenvalue weighted by Crippen LogP contribution is 2.35. The van der Waals surface area contributed by atoms with Crippen LogP contribution in [0.3, 0.4) is 0 Å². The van der Waals surface area contributed by atoms with Gasteiger partial charge in [0.2, 0.25) is 0 Å². The number of nitrogens with two attached hydrogens (primary N) is 1. The van der Waals surface area contributed by atoms with Crippen LogP contribution in [0.15, 0.2) is 78.6 Å². The molecule has 0 fully saturated rings. The van der Waals surface area contributed by atoms with E-state index in [0.717, 1.165) is 28.9 Å². The summed E-state index contributed by atoms with van der Waals surface area (Å²) in [6.45, 7) is 8.18. The van der Waals surface area contributed by atoms with Crippen molar-refractivity contribution >= 4 is 11.8 Å². The predicted octanol–water partition coefficient (Wildman–Crippen LogP) is 4.36. The van der Waals surface area contributed by atoms with Crippen molar-refractivity contribution in [2.45, 2.75) is 6.42 Å². The van der Waals surface area contributed by atoms with Crippen LogP contribution in [-0.2, 0) is 6.42 Å². The fraction of sp³-hybridized carbons (Fsp3) is 0.0526. The van der Waals surface area contributed by atoms with Crippen LogP contribution < -0.4 is 10.5 Å². The Kier molecular flexibility index (Phi) is 3.36. The van der Waals surface area contributed by atoms with Crippen LogP contribution in [0.2, 0.25) is 0 Å². The van der Waals surface area contributed by atoms with Crippen LogP contribution in [0.4, 0.5) is 5.69 Å². The molecule has 0 atom stereocenters. The molecular formula is C19H17NO. The molecule has 2 heteroatoms. The van der Waals surface area contributed by atoms with Crippen molar-refractivity contribution in [2.24, 2.45) is 0 Å². The van der Waals surface area contributed by atoms with Crippen molar-refractivity contribution in [2.75, 3.05) is 5.73 Å². The van der Waals surface area contributed by atoms with E-state index in [-0.39, 0.29) is 0 Å². The Morgan fingerprint density at radius 2 is 1.86 bits per heavy atom. The fourth-order valence-corrected chi connectivity index (χ4v) is 2.43. The number of hydrogen-bond acceptors (Lipinski definition) is 2. The van der Waals surface area contributed by atoms with Crippen LogP contribution in [0.1, 0.15) is 11.1 Å². The zero-order chi connectivity index (χ0) is 14.8. The third kappa shape index (κ3) is 2.75. The van der Waals surface area contributed by atoms with Crippen LogP contribution in [0.5, 0.6) is 5.75 Å². The molecule has 0 bridgehead atoms. The SMILES string of the molecule is C=C(Cc1ccccc1)C1=Cc2cc(N)ccc2OC1=C. The lowest BCUT2D eigenvalue weighted by Gasteiger charge is -2.21. The maximum atomic E-state index is 5.83. The van der Waals surface area contributed by atoms with Crippen LogP contribution >= 0.6 is 0 Å². The lowest BCUT2D eigenvalue weighted by Crippen LogP contribution is -2.07. The second kappa shape index (κ2) is 5.33. The minimum absolute atomic E-state index is 0.633. The summed E-state index contributed by atoms with van der Waals surface area (Å²) in [7, 11) is 0. The average Bonchev–Trinajstić information content (AvgIpc) is 2.48. The Morgan fingerprint density at radius 1 is 1.10 bits per heavy atom. The van der Waals surface area contributed by atoms with Gasteiger partial charge in [-0.15, -0.1) is 0 Å². The number of allylic oxidation sites excluding steroid dienone is 1. The third-order valence-electron chi connectivity index (χ3n) is 3.51. The molecule has 0 radical (unpaired) electrons.